The number of rotatable bonds is 4. The summed E-state index contributed by atoms with van der Waals surface area (Å²) in [7, 11) is 0. The molecule has 0 spiro atoms. The molecule has 12 heavy (non-hydrogen) atoms. The molecule has 0 aromatic rings. The van der Waals surface area contributed by atoms with Gasteiger partial charge in [-0.05, 0) is 20.8 Å². The molecule has 0 aliphatic carbocycles. The van der Waals surface area contributed by atoms with E-state index in [0.29, 0.717) is 0 Å². The van der Waals surface area contributed by atoms with Gasteiger partial charge in [-0.3, -0.25) is 4.79 Å². The molecule has 70 valence electrons. The van der Waals surface area contributed by atoms with Crippen LogP contribution in [0.25, 0.3) is 0 Å². The molecule has 0 unspecified atom stereocenters. The molecule has 0 atom stereocenters. The number of carbonyl (C=O) groups is 1. The van der Waals surface area contributed by atoms with Crippen molar-refractivity contribution < 1.29 is 9.18 Å². The van der Waals surface area contributed by atoms with Gasteiger partial charge in [0.2, 0.25) is 0 Å². The van der Waals surface area contributed by atoms with Crippen molar-refractivity contribution in [3.63, 3.8) is 0 Å². The minimum Gasteiger partial charge on any atom is -0.373 e. The highest BCUT2D eigenvalue weighted by atomic mass is 19.1. The van der Waals surface area contributed by atoms with Gasteiger partial charge in [0.1, 0.15) is 6.67 Å². The topological polar surface area (TPSA) is 55.1 Å². The predicted octanol–water partition coefficient (Wildman–Crippen LogP) is 0.713. The lowest BCUT2D eigenvalue weighted by Crippen LogP contribution is -2.43. The van der Waals surface area contributed by atoms with Gasteiger partial charge in [-0.25, -0.2) is 4.39 Å². The lowest BCUT2D eigenvalue weighted by molar-refractivity contribution is -0.115. The summed E-state index contributed by atoms with van der Waals surface area (Å²) in [5, 5.41) is 2.70. The van der Waals surface area contributed by atoms with Crippen LogP contribution >= 0.6 is 0 Å². The Hall–Kier alpha value is -1.06. The van der Waals surface area contributed by atoms with Crippen molar-refractivity contribution >= 4 is 5.91 Å². The molecule has 4 heteroatoms. The second-order valence-electron chi connectivity index (χ2n) is 3.21. The number of hydrogen-bond acceptors (Lipinski definition) is 2. The van der Waals surface area contributed by atoms with Gasteiger partial charge in [0.15, 0.2) is 0 Å². The maximum absolute atomic E-state index is 12.3. The highest BCUT2D eigenvalue weighted by molar-refractivity contribution is 5.91. The molecule has 0 aliphatic rings. The largest absolute Gasteiger partial charge is 0.373 e. The average Bonchev–Trinajstić information content (AvgIpc) is 2.00. The zero-order valence-electron chi connectivity index (χ0n) is 7.65. The fourth-order valence-electron chi connectivity index (χ4n) is 0.674. The van der Waals surface area contributed by atoms with Crippen molar-refractivity contribution in [3.05, 3.63) is 11.8 Å². The summed E-state index contributed by atoms with van der Waals surface area (Å²) in [6, 6.07) is 0. The van der Waals surface area contributed by atoms with Gasteiger partial charge in [0, 0.05) is 0 Å². The predicted molar refractivity (Wildman–Crippen MR) is 46.1 cm³/mol. The Morgan fingerprint density at radius 1 is 1.67 bits per heavy atom. The Balaban J connectivity index is 4.33. The molecule has 0 aliphatic heterocycles. The molecule has 0 fully saturated rings. The van der Waals surface area contributed by atoms with Crippen molar-refractivity contribution in [2.45, 2.75) is 26.3 Å². The number of allylic oxidation sites excluding steroid dienone is 1. The van der Waals surface area contributed by atoms with Crippen LogP contribution in [0.1, 0.15) is 20.8 Å². The summed E-state index contributed by atoms with van der Waals surface area (Å²) in [5.41, 5.74) is 4.53. The van der Waals surface area contributed by atoms with Crippen molar-refractivity contribution in [2.75, 3.05) is 6.67 Å². The van der Waals surface area contributed by atoms with Gasteiger partial charge in [-0.1, -0.05) is 6.08 Å². The third-order valence-corrected chi connectivity index (χ3v) is 1.36. The maximum atomic E-state index is 12.3. The van der Waals surface area contributed by atoms with Gasteiger partial charge in [-0.2, -0.15) is 0 Å². The first-order chi connectivity index (χ1) is 5.43. The molecule has 0 rings (SSSR count). The van der Waals surface area contributed by atoms with Crippen molar-refractivity contribution in [2.24, 2.45) is 5.73 Å². The summed E-state index contributed by atoms with van der Waals surface area (Å²) < 4.78 is 12.3. The fourth-order valence-corrected chi connectivity index (χ4v) is 0.674. The van der Waals surface area contributed by atoms with E-state index in [-0.39, 0.29) is 5.70 Å². The number of halogens is 1. The molecule has 1 amide bonds. The van der Waals surface area contributed by atoms with Crippen LogP contribution in [0.3, 0.4) is 0 Å². The first kappa shape index (κ1) is 10.9. The Morgan fingerprint density at radius 3 is 2.42 bits per heavy atom. The number of hydrogen-bond donors (Lipinski definition) is 2. The Bertz CT molecular complexity index is 199. The summed E-state index contributed by atoms with van der Waals surface area (Å²) in [4.78, 5) is 10.7. The van der Waals surface area contributed by atoms with E-state index in [1.807, 2.05) is 0 Å². The molecule has 0 bridgehead atoms. The third-order valence-electron chi connectivity index (χ3n) is 1.36. The Morgan fingerprint density at radius 2 is 2.17 bits per heavy atom. The minimum absolute atomic E-state index is 0.248. The van der Waals surface area contributed by atoms with E-state index in [0.717, 1.165) is 0 Å². The van der Waals surface area contributed by atoms with Crippen molar-refractivity contribution in [1.29, 1.82) is 0 Å². The second-order valence-corrected chi connectivity index (χ2v) is 3.21. The Kier molecular flexibility index (Phi) is 3.73. The number of primary amides is 1. The van der Waals surface area contributed by atoms with Gasteiger partial charge in [0.05, 0.1) is 11.2 Å². The highest BCUT2D eigenvalue weighted by Crippen LogP contribution is 2.05. The van der Waals surface area contributed by atoms with E-state index in [9.17, 15) is 9.18 Å². The van der Waals surface area contributed by atoms with E-state index in [1.54, 1.807) is 20.8 Å². The van der Waals surface area contributed by atoms with Crippen LogP contribution in [-0.4, -0.2) is 18.1 Å². The summed E-state index contributed by atoms with van der Waals surface area (Å²) in [6.07, 6.45) is 1.53. The molecule has 0 aromatic heterocycles. The second kappa shape index (κ2) is 4.09. The minimum atomic E-state index is -0.739. The summed E-state index contributed by atoms with van der Waals surface area (Å²) >= 11 is 0. The normalized spacial score (nSPS) is 12.8. The monoisotopic (exact) mass is 174 g/mol. The van der Waals surface area contributed by atoms with E-state index >= 15 is 0 Å². The van der Waals surface area contributed by atoms with Crippen molar-refractivity contribution in [3.8, 4) is 0 Å². The molecule has 3 nitrogen and oxygen atoms in total. The van der Waals surface area contributed by atoms with Gasteiger partial charge in [0.25, 0.3) is 5.91 Å². The van der Waals surface area contributed by atoms with Gasteiger partial charge in [-0.15, -0.1) is 0 Å². The van der Waals surface area contributed by atoms with E-state index in [2.05, 4.69) is 5.32 Å². The molecule has 0 aromatic carbocycles. The Labute approximate surface area is 71.8 Å². The first-order valence-corrected chi connectivity index (χ1v) is 3.73. The smallest absolute Gasteiger partial charge is 0.264 e. The van der Waals surface area contributed by atoms with Crippen LogP contribution in [0.5, 0.6) is 0 Å². The van der Waals surface area contributed by atoms with Crippen molar-refractivity contribution in [1.82, 2.24) is 5.32 Å². The van der Waals surface area contributed by atoms with E-state index < -0.39 is 18.1 Å². The molecule has 3 N–H and O–H groups in total. The molecule has 0 radical (unpaired) electrons. The van der Waals surface area contributed by atoms with E-state index in [4.69, 9.17) is 5.73 Å². The van der Waals surface area contributed by atoms with Crippen LogP contribution in [0.2, 0.25) is 0 Å². The molecular weight excluding hydrogens is 159 g/mol. The van der Waals surface area contributed by atoms with Gasteiger partial charge >= 0.3 is 0 Å². The number of alkyl halides is 1. The molecule has 0 heterocycles. The zero-order valence-corrected chi connectivity index (χ0v) is 7.65. The number of amides is 1. The molecule has 0 saturated heterocycles. The van der Waals surface area contributed by atoms with Crippen LogP contribution in [0.4, 0.5) is 4.39 Å². The van der Waals surface area contributed by atoms with Gasteiger partial charge < -0.3 is 11.1 Å². The molecule has 0 saturated carbocycles. The SMILES string of the molecule is CC=C(NC(C)(C)CF)C(N)=O. The number of nitrogens with one attached hydrogen (secondary N) is 1. The van der Waals surface area contributed by atoms with E-state index in [1.165, 1.54) is 6.08 Å². The van der Waals surface area contributed by atoms with Crippen LogP contribution in [0, 0.1) is 0 Å². The zero-order chi connectivity index (χ0) is 9.78. The fraction of sp³-hybridized carbons (Fsp3) is 0.625. The lowest BCUT2D eigenvalue weighted by Gasteiger charge is -2.24. The van der Waals surface area contributed by atoms with Crippen LogP contribution in [0.15, 0.2) is 11.8 Å². The molecular formula is C8H15FN2O. The standard InChI is InChI=1S/C8H15FN2O/c1-4-6(7(10)12)11-8(2,3)5-9/h4,11H,5H2,1-3H3,(H2,10,12). The van der Waals surface area contributed by atoms with Crippen LogP contribution in [-0.2, 0) is 4.79 Å². The number of nitrogens with two attached hydrogens (primary N) is 1. The highest BCUT2D eigenvalue weighted by Gasteiger charge is 2.19. The van der Waals surface area contributed by atoms with Crippen LogP contribution < -0.4 is 11.1 Å². The summed E-state index contributed by atoms with van der Waals surface area (Å²) in [5.74, 6) is -0.570. The average molecular weight is 174 g/mol. The lowest BCUT2D eigenvalue weighted by atomic mass is 10.1. The third kappa shape index (κ3) is 3.37. The number of carbonyl (C=O) groups excluding carboxylic acids is 1. The quantitative estimate of drug-likeness (QED) is 0.617. The first-order valence-electron chi connectivity index (χ1n) is 3.73. The summed E-state index contributed by atoms with van der Waals surface area (Å²) in [6.45, 7) is 4.41. The maximum Gasteiger partial charge on any atom is 0.264 e.